The summed E-state index contributed by atoms with van der Waals surface area (Å²) in [6.07, 6.45) is 2.80. The van der Waals surface area contributed by atoms with Gasteiger partial charge in [0, 0.05) is 23.5 Å². The highest BCUT2D eigenvalue weighted by Gasteiger charge is 2.08. The summed E-state index contributed by atoms with van der Waals surface area (Å²) in [5.74, 6) is 0. The molecule has 5 heteroatoms. The van der Waals surface area contributed by atoms with Gasteiger partial charge in [0.25, 0.3) is 0 Å². The van der Waals surface area contributed by atoms with Gasteiger partial charge in [0.2, 0.25) is 0 Å². The van der Waals surface area contributed by atoms with Crippen LogP contribution in [0, 0.1) is 0 Å². The molecule has 1 aromatic heterocycles. The highest BCUT2D eigenvalue weighted by molar-refractivity contribution is 6.12. The summed E-state index contributed by atoms with van der Waals surface area (Å²) in [4.78, 5) is 15.4. The van der Waals surface area contributed by atoms with Gasteiger partial charge < -0.3 is 4.74 Å². The molecule has 0 radical (unpaired) electrons. The summed E-state index contributed by atoms with van der Waals surface area (Å²) in [5, 5.41) is 4.13. The van der Waals surface area contributed by atoms with E-state index in [4.69, 9.17) is 4.74 Å². The number of nitrogens with zero attached hydrogens (tertiary/aromatic N) is 2. The number of aromatic nitrogens is 1. The van der Waals surface area contributed by atoms with Crippen LogP contribution in [0.2, 0.25) is 0 Å². The first-order chi connectivity index (χ1) is 9.81. The molecular weight excluding hydrogens is 254 g/mol. The van der Waals surface area contributed by atoms with Crippen LogP contribution in [0.15, 0.2) is 60.0 Å². The quantitative estimate of drug-likeness (QED) is 0.685. The number of carbonyl (C=O) groups is 1. The Balaban J connectivity index is 2.30. The average molecular weight is 269 g/mol. The van der Waals surface area contributed by atoms with E-state index in [9.17, 15) is 4.79 Å². The number of benzene rings is 1. The smallest absolute Gasteiger partial charge is 0.427 e. The maximum atomic E-state index is 11.4. The lowest BCUT2D eigenvalue weighted by Crippen LogP contribution is -2.21. The number of hydrazone groups is 1. The van der Waals surface area contributed by atoms with Crippen LogP contribution in [0.1, 0.15) is 18.1 Å². The molecule has 1 aromatic carbocycles. The molecule has 2 rings (SSSR count). The predicted octanol–water partition coefficient (Wildman–Crippen LogP) is 2.58. The number of hydrogen-bond acceptors (Lipinski definition) is 4. The lowest BCUT2D eigenvalue weighted by molar-refractivity contribution is 0.152. The van der Waals surface area contributed by atoms with Crippen LogP contribution < -0.4 is 5.43 Å². The minimum Gasteiger partial charge on any atom is -0.449 e. The van der Waals surface area contributed by atoms with Gasteiger partial charge in [0.15, 0.2) is 0 Å². The van der Waals surface area contributed by atoms with E-state index in [1.54, 1.807) is 19.3 Å². The molecule has 0 saturated carbocycles. The molecule has 0 aliphatic rings. The van der Waals surface area contributed by atoms with Crippen LogP contribution >= 0.6 is 0 Å². The summed E-state index contributed by atoms with van der Waals surface area (Å²) in [6, 6.07) is 13.3. The van der Waals surface area contributed by atoms with Crippen LogP contribution in [0.5, 0.6) is 0 Å². The van der Waals surface area contributed by atoms with E-state index in [-0.39, 0.29) is 0 Å². The van der Waals surface area contributed by atoms with Crippen LogP contribution in [0.25, 0.3) is 0 Å². The van der Waals surface area contributed by atoms with Gasteiger partial charge in [0.05, 0.1) is 12.3 Å². The van der Waals surface area contributed by atoms with Gasteiger partial charge in [0.1, 0.15) is 0 Å². The van der Waals surface area contributed by atoms with E-state index in [0.717, 1.165) is 11.1 Å². The standard InChI is InChI=1S/C15H15N3O2/c1-2-20-15(19)18-17-14(12-7-4-3-5-8-12)13-9-6-10-16-11-13/h3-11H,2H2,1H3,(H,18,19)/b17-14+. The zero-order valence-electron chi connectivity index (χ0n) is 11.1. The highest BCUT2D eigenvalue weighted by atomic mass is 16.5. The SMILES string of the molecule is CCOC(=O)N/N=C(\c1ccccc1)c1cccnc1. The second-order valence-corrected chi connectivity index (χ2v) is 3.90. The third-order valence-corrected chi connectivity index (χ3v) is 2.52. The van der Waals surface area contributed by atoms with Gasteiger partial charge in [-0.2, -0.15) is 5.10 Å². The Kier molecular flexibility index (Phi) is 4.83. The second-order valence-electron chi connectivity index (χ2n) is 3.90. The van der Waals surface area contributed by atoms with Crippen molar-refractivity contribution < 1.29 is 9.53 Å². The second kappa shape index (κ2) is 7.04. The molecule has 2 aromatic rings. The number of ether oxygens (including phenoxy) is 1. The van der Waals surface area contributed by atoms with Crippen molar-refractivity contribution in [3.8, 4) is 0 Å². The molecule has 0 fully saturated rings. The molecule has 102 valence electrons. The monoisotopic (exact) mass is 269 g/mol. The zero-order chi connectivity index (χ0) is 14.2. The van der Waals surface area contributed by atoms with Gasteiger partial charge in [-0.3, -0.25) is 4.98 Å². The van der Waals surface area contributed by atoms with Crippen molar-refractivity contribution >= 4 is 11.8 Å². The highest BCUT2D eigenvalue weighted by Crippen LogP contribution is 2.09. The fourth-order valence-electron chi connectivity index (χ4n) is 1.66. The number of nitrogens with one attached hydrogen (secondary N) is 1. The number of amides is 1. The molecule has 0 spiro atoms. The van der Waals surface area contributed by atoms with Crippen molar-refractivity contribution in [2.24, 2.45) is 5.10 Å². The first kappa shape index (κ1) is 13.7. The fraction of sp³-hybridized carbons (Fsp3) is 0.133. The van der Waals surface area contributed by atoms with Crippen LogP contribution in [0.3, 0.4) is 0 Å². The molecule has 1 heterocycles. The molecule has 0 bridgehead atoms. The first-order valence-corrected chi connectivity index (χ1v) is 6.27. The topological polar surface area (TPSA) is 63.6 Å². The molecule has 0 unspecified atom stereocenters. The molecule has 1 N–H and O–H groups in total. The summed E-state index contributed by atoms with van der Waals surface area (Å²) >= 11 is 0. The van der Waals surface area contributed by atoms with E-state index < -0.39 is 6.09 Å². The molecule has 20 heavy (non-hydrogen) atoms. The minimum atomic E-state index is -0.579. The zero-order valence-corrected chi connectivity index (χ0v) is 11.1. The van der Waals surface area contributed by atoms with E-state index in [0.29, 0.717) is 12.3 Å². The normalized spacial score (nSPS) is 10.9. The van der Waals surface area contributed by atoms with Gasteiger partial charge in [-0.05, 0) is 19.1 Å². The minimum absolute atomic E-state index is 0.301. The van der Waals surface area contributed by atoms with Crippen molar-refractivity contribution in [3.05, 3.63) is 66.0 Å². The molecule has 0 aliphatic heterocycles. The van der Waals surface area contributed by atoms with E-state index in [1.165, 1.54) is 0 Å². The number of pyridine rings is 1. The predicted molar refractivity (Wildman–Crippen MR) is 76.5 cm³/mol. The number of hydrogen-bond donors (Lipinski definition) is 1. The first-order valence-electron chi connectivity index (χ1n) is 6.27. The van der Waals surface area contributed by atoms with Crippen molar-refractivity contribution in [1.82, 2.24) is 10.4 Å². The summed E-state index contributed by atoms with van der Waals surface area (Å²) in [7, 11) is 0. The lowest BCUT2D eigenvalue weighted by Gasteiger charge is -2.07. The molecule has 0 aliphatic carbocycles. The van der Waals surface area contributed by atoms with Crippen molar-refractivity contribution in [2.45, 2.75) is 6.92 Å². The Morgan fingerprint density at radius 2 is 1.95 bits per heavy atom. The molecule has 0 atom stereocenters. The van der Waals surface area contributed by atoms with E-state index in [2.05, 4.69) is 15.5 Å². The average Bonchev–Trinajstić information content (AvgIpc) is 2.50. The summed E-state index contributed by atoms with van der Waals surface area (Å²) in [5.41, 5.74) is 4.71. The van der Waals surface area contributed by atoms with Crippen LogP contribution in [-0.4, -0.2) is 23.4 Å². The van der Waals surface area contributed by atoms with E-state index >= 15 is 0 Å². The Morgan fingerprint density at radius 1 is 1.20 bits per heavy atom. The largest absolute Gasteiger partial charge is 0.449 e. The van der Waals surface area contributed by atoms with Gasteiger partial charge >= 0.3 is 6.09 Å². The number of carbonyl (C=O) groups excluding carboxylic acids is 1. The maximum Gasteiger partial charge on any atom is 0.427 e. The van der Waals surface area contributed by atoms with Crippen molar-refractivity contribution in [1.29, 1.82) is 0 Å². The Bertz CT molecular complexity index is 541. The van der Waals surface area contributed by atoms with Crippen LogP contribution in [-0.2, 0) is 4.74 Å². The van der Waals surface area contributed by atoms with Gasteiger partial charge in [-0.1, -0.05) is 30.3 Å². The Morgan fingerprint density at radius 3 is 2.60 bits per heavy atom. The van der Waals surface area contributed by atoms with Crippen molar-refractivity contribution in [3.63, 3.8) is 0 Å². The summed E-state index contributed by atoms with van der Waals surface area (Å²) in [6.45, 7) is 2.04. The molecule has 0 saturated heterocycles. The Hall–Kier alpha value is -2.69. The van der Waals surface area contributed by atoms with E-state index in [1.807, 2.05) is 42.5 Å². The van der Waals surface area contributed by atoms with Crippen molar-refractivity contribution in [2.75, 3.05) is 6.61 Å². The molecular formula is C15H15N3O2. The maximum absolute atomic E-state index is 11.4. The third-order valence-electron chi connectivity index (χ3n) is 2.52. The Labute approximate surface area is 117 Å². The van der Waals surface area contributed by atoms with Gasteiger partial charge in [-0.15, -0.1) is 0 Å². The third kappa shape index (κ3) is 3.65. The molecule has 5 nitrogen and oxygen atoms in total. The fourth-order valence-corrected chi connectivity index (χ4v) is 1.66. The lowest BCUT2D eigenvalue weighted by atomic mass is 10.0. The van der Waals surface area contributed by atoms with Crippen LogP contribution in [0.4, 0.5) is 4.79 Å². The number of rotatable bonds is 4. The molecule has 1 amide bonds. The van der Waals surface area contributed by atoms with Gasteiger partial charge in [-0.25, -0.2) is 10.2 Å². The summed E-state index contributed by atoms with van der Waals surface area (Å²) < 4.78 is 4.79.